The quantitative estimate of drug-likeness (QED) is 0.809. The minimum absolute atomic E-state index is 0.209. The molecule has 7 nitrogen and oxygen atoms in total. The Hall–Kier alpha value is -1.28. The third kappa shape index (κ3) is 3.92. The molecule has 1 fully saturated rings. The van der Waals surface area contributed by atoms with E-state index in [2.05, 4.69) is 21.0 Å². The topological polar surface area (TPSA) is 65.8 Å². The Kier molecular flexibility index (Phi) is 5.01. The molecule has 2 rings (SSSR count). The maximum absolute atomic E-state index is 12.2. The number of carbonyl (C=O) groups is 1. The number of rotatable bonds is 3. The van der Waals surface area contributed by atoms with E-state index in [1.54, 1.807) is 22.9 Å². The van der Waals surface area contributed by atoms with E-state index < -0.39 is 5.60 Å². The third-order valence-corrected chi connectivity index (χ3v) is 4.19. The third-order valence-electron chi connectivity index (χ3n) is 3.28. The van der Waals surface area contributed by atoms with E-state index in [0.29, 0.717) is 18.8 Å². The molecule has 124 valence electrons. The van der Waals surface area contributed by atoms with Gasteiger partial charge in [-0.2, -0.15) is 5.10 Å². The number of aromatic nitrogens is 2. The Bertz CT molecular complexity index is 541. The summed E-state index contributed by atoms with van der Waals surface area (Å²) in [5.41, 5.74) is -0.523. The van der Waals surface area contributed by atoms with Crippen LogP contribution in [0, 0.1) is 0 Å². The van der Waals surface area contributed by atoms with Crippen LogP contribution in [0.15, 0.2) is 10.8 Å². The van der Waals surface area contributed by atoms with Crippen molar-refractivity contribution in [3.05, 3.63) is 10.8 Å². The summed E-state index contributed by atoms with van der Waals surface area (Å²) in [5, 5.41) is 4.11. The monoisotopic (exact) mass is 375 g/mol. The van der Waals surface area contributed by atoms with E-state index >= 15 is 0 Å². The number of hydrogen-bond acceptors (Lipinski definition) is 5. The lowest BCUT2D eigenvalue weighted by Gasteiger charge is -2.24. The van der Waals surface area contributed by atoms with Crippen LogP contribution in [0.5, 0.6) is 5.75 Å². The van der Waals surface area contributed by atoms with E-state index in [-0.39, 0.29) is 18.3 Å². The molecule has 0 aliphatic carbocycles. The van der Waals surface area contributed by atoms with E-state index in [1.165, 1.54) is 0 Å². The largest absolute Gasteiger partial charge is 0.481 e. The molecule has 0 N–H and O–H groups in total. The first-order valence-electron chi connectivity index (χ1n) is 7.06. The van der Waals surface area contributed by atoms with E-state index in [4.69, 9.17) is 14.2 Å². The predicted octanol–water partition coefficient (Wildman–Crippen LogP) is 2.20. The van der Waals surface area contributed by atoms with Gasteiger partial charge in [0.1, 0.15) is 22.4 Å². The second-order valence-electron chi connectivity index (χ2n) is 6.24. The molecule has 0 spiro atoms. The highest BCUT2D eigenvalue weighted by Gasteiger charge is 2.39. The van der Waals surface area contributed by atoms with Crippen molar-refractivity contribution in [1.29, 1.82) is 0 Å². The van der Waals surface area contributed by atoms with Gasteiger partial charge < -0.3 is 19.1 Å². The fourth-order valence-corrected chi connectivity index (χ4v) is 2.49. The van der Waals surface area contributed by atoms with Gasteiger partial charge in [-0.25, -0.2) is 4.79 Å². The van der Waals surface area contributed by atoms with Crippen molar-refractivity contribution in [3.63, 3.8) is 0 Å². The Morgan fingerprint density at radius 2 is 2.00 bits per heavy atom. The van der Waals surface area contributed by atoms with E-state index in [0.717, 1.165) is 4.60 Å². The first-order chi connectivity index (χ1) is 10.2. The summed E-state index contributed by atoms with van der Waals surface area (Å²) in [6.07, 6.45) is 0.802. The molecule has 1 amide bonds. The highest BCUT2D eigenvalue weighted by atomic mass is 79.9. The smallest absolute Gasteiger partial charge is 0.410 e. The normalized spacial score (nSPS) is 22.0. The molecule has 8 heteroatoms. The van der Waals surface area contributed by atoms with Crippen molar-refractivity contribution in [2.24, 2.45) is 7.05 Å². The van der Waals surface area contributed by atoms with Gasteiger partial charge in [0, 0.05) is 14.2 Å². The molecule has 0 aromatic carbocycles. The SMILES string of the molecule is COC1CN(C(=O)OC(C)(C)C)CC1Oc1cnn(C)c1Br. The molecular formula is C14H22BrN3O4. The lowest BCUT2D eigenvalue weighted by Crippen LogP contribution is -2.36. The Labute approximate surface area is 138 Å². The second-order valence-corrected chi connectivity index (χ2v) is 6.99. The van der Waals surface area contributed by atoms with Crippen molar-refractivity contribution in [2.45, 2.75) is 38.6 Å². The molecule has 2 unspecified atom stereocenters. The summed E-state index contributed by atoms with van der Waals surface area (Å²) >= 11 is 3.41. The lowest BCUT2D eigenvalue weighted by molar-refractivity contribution is 0.0240. The maximum Gasteiger partial charge on any atom is 0.410 e. The molecule has 1 aromatic rings. The molecule has 1 aliphatic rings. The number of carbonyl (C=O) groups excluding carboxylic acids is 1. The van der Waals surface area contributed by atoms with Crippen LogP contribution >= 0.6 is 15.9 Å². The van der Waals surface area contributed by atoms with Crippen LogP contribution in [0.25, 0.3) is 0 Å². The zero-order chi connectivity index (χ0) is 16.5. The van der Waals surface area contributed by atoms with Crippen molar-refractivity contribution < 1.29 is 19.0 Å². The summed E-state index contributed by atoms with van der Waals surface area (Å²) in [5.74, 6) is 0.626. The summed E-state index contributed by atoms with van der Waals surface area (Å²) in [6.45, 7) is 6.38. The number of nitrogens with zero attached hydrogens (tertiary/aromatic N) is 3. The molecule has 0 radical (unpaired) electrons. The van der Waals surface area contributed by atoms with Gasteiger partial charge >= 0.3 is 6.09 Å². The van der Waals surface area contributed by atoms with Crippen LogP contribution in [-0.2, 0) is 16.5 Å². The van der Waals surface area contributed by atoms with Crippen LogP contribution < -0.4 is 4.74 Å². The average Bonchev–Trinajstić information content (AvgIpc) is 2.95. The fraction of sp³-hybridized carbons (Fsp3) is 0.714. The van der Waals surface area contributed by atoms with Gasteiger partial charge in [0.15, 0.2) is 5.75 Å². The molecule has 2 heterocycles. The number of ether oxygens (including phenoxy) is 3. The molecule has 1 aliphatic heterocycles. The summed E-state index contributed by atoms with van der Waals surface area (Å²) in [6, 6.07) is 0. The number of aryl methyl sites for hydroxylation is 1. The summed E-state index contributed by atoms with van der Waals surface area (Å²) in [7, 11) is 3.42. The van der Waals surface area contributed by atoms with Crippen molar-refractivity contribution in [1.82, 2.24) is 14.7 Å². The zero-order valence-electron chi connectivity index (χ0n) is 13.5. The van der Waals surface area contributed by atoms with Crippen LogP contribution in [0.1, 0.15) is 20.8 Å². The van der Waals surface area contributed by atoms with Crippen molar-refractivity contribution in [3.8, 4) is 5.75 Å². The molecule has 1 aromatic heterocycles. The summed E-state index contributed by atoms with van der Waals surface area (Å²) in [4.78, 5) is 13.8. The second kappa shape index (κ2) is 6.45. The lowest BCUT2D eigenvalue weighted by atomic mass is 10.2. The number of likely N-dealkylation sites (tertiary alicyclic amines) is 1. The molecule has 0 bridgehead atoms. The number of methoxy groups -OCH3 is 1. The zero-order valence-corrected chi connectivity index (χ0v) is 15.1. The van der Waals surface area contributed by atoms with Gasteiger partial charge in [0.05, 0.1) is 19.3 Å². The summed E-state index contributed by atoms with van der Waals surface area (Å²) < 4.78 is 19.2. The molecule has 22 heavy (non-hydrogen) atoms. The first-order valence-corrected chi connectivity index (χ1v) is 7.85. The highest BCUT2D eigenvalue weighted by molar-refractivity contribution is 9.10. The van der Waals surface area contributed by atoms with Gasteiger partial charge in [0.25, 0.3) is 0 Å². The number of halogens is 1. The van der Waals surface area contributed by atoms with Gasteiger partial charge in [0.2, 0.25) is 0 Å². The Morgan fingerprint density at radius 1 is 1.36 bits per heavy atom. The first kappa shape index (κ1) is 17.1. The standard InChI is InChI=1S/C14H22BrN3O4/c1-14(2,3)22-13(19)18-7-10(20-5)11(8-18)21-9-6-16-17(4)12(9)15/h6,10-11H,7-8H2,1-5H3. The van der Waals surface area contributed by atoms with Crippen LogP contribution in [0.4, 0.5) is 4.79 Å². The Morgan fingerprint density at radius 3 is 2.50 bits per heavy atom. The van der Waals surface area contributed by atoms with Crippen molar-refractivity contribution in [2.75, 3.05) is 20.2 Å². The predicted molar refractivity (Wildman–Crippen MR) is 83.9 cm³/mol. The average molecular weight is 376 g/mol. The van der Waals surface area contributed by atoms with Crippen molar-refractivity contribution >= 4 is 22.0 Å². The molecule has 1 saturated heterocycles. The van der Waals surface area contributed by atoms with Crippen LogP contribution in [-0.4, -0.2) is 58.8 Å². The van der Waals surface area contributed by atoms with Crippen LogP contribution in [0.2, 0.25) is 0 Å². The van der Waals surface area contributed by atoms with Crippen LogP contribution in [0.3, 0.4) is 0 Å². The van der Waals surface area contributed by atoms with Gasteiger partial charge in [-0.05, 0) is 36.7 Å². The minimum Gasteiger partial charge on any atom is -0.481 e. The van der Waals surface area contributed by atoms with E-state index in [1.807, 2.05) is 27.8 Å². The minimum atomic E-state index is -0.523. The highest BCUT2D eigenvalue weighted by Crippen LogP contribution is 2.28. The Balaban J connectivity index is 2.03. The number of amides is 1. The fourth-order valence-electron chi connectivity index (χ4n) is 2.20. The van der Waals surface area contributed by atoms with E-state index in [9.17, 15) is 4.79 Å². The molecule has 0 saturated carbocycles. The maximum atomic E-state index is 12.2. The van der Waals surface area contributed by atoms with Gasteiger partial charge in [-0.1, -0.05) is 0 Å². The van der Waals surface area contributed by atoms with Gasteiger partial charge in [-0.3, -0.25) is 4.68 Å². The molecular weight excluding hydrogens is 354 g/mol. The van der Waals surface area contributed by atoms with Gasteiger partial charge in [-0.15, -0.1) is 0 Å². The molecule has 2 atom stereocenters. The number of hydrogen-bond donors (Lipinski definition) is 0.